The van der Waals surface area contributed by atoms with Crippen molar-refractivity contribution in [3.63, 3.8) is 0 Å². The molecule has 0 aliphatic carbocycles. The Morgan fingerprint density at radius 1 is 1.41 bits per heavy atom. The van der Waals surface area contributed by atoms with Crippen LogP contribution in [-0.4, -0.2) is 36.5 Å². The second-order valence-corrected chi connectivity index (χ2v) is 8.47. The molecule has 1 aromatic carbocycles. The SMILES string of the molecule is CC(C)(C)c1ccc2c(c1)CCN2C(=O)CC1CSCCN1. The van der Waals surface area contributed by atoms with Crippen molar-refractivity contribution >= 4 is 23.4 Å². The molecule has 1 N–H and O–H groups in total. The van der Waals surface area contributed by atoms with Crippen molar-refractivity contribution in [2.45, 2.75) is 45.1 Å². The van der Waals surface area contributed by atoms with Gasteiger partial charge in [0, 0.05) is 42.7 Å². The van der Waals surface area contributed by atoms with Gasteiger partial charge in [0.05, 0.1) is 0 Å². The molecule has 3 rings (SSSR count). The van der Waals surface area contributed by atoms with E-state index < -0.39 is 0 Å². The number of carbonyl (C=O) groups is 1. The third kappa shape index (κ3) is 3.33. The highest BCUT2D eigenvalue weighted by molar-refractivity contribution is 7.99. The molecule has 2 aliphatic rings. The predicted molar refractivity (Wildman–Crippen MR) is 94.9 cm³/mol. The van der Waals surface area contributed by atoms with Gasteiger partial charge >= 0.3 is 0 Å². The maximum atomic E-state index is 12.6. The lowest BCUT2D eigenvalue weighted by molar-refractivity contribution is -0.118. The van der Waals surface area contributed by atoms with Crippen molar-refractivity contribution in [3.05, 3.63) is 29.3 Å². The average molecular weight is 318 g/mol. The van der Waals surface area contributed by atoms with Crippen molar-refractivity contribution in [1.29, 1.82) is 0 Å². The third-order valence-corrected chi connectivity index (χ3v) is 5.69. The highest BCUT2D eigenvalue weighted by atomic mass is 32.2. The van der Waals surface area contributed by atoms with Crippen molar-refractivity contribution in [1.82, 2.24) is 5.32 Å². The molecule has 2 heterocycles. The Kier molecular flexibility index (Phi) is 4.51. The van der Waals surface area contributed by atoms with Crippen LogP contribution in [0.3, 0.4) is 0 Å². The van der Waals surface area contributed by atoms with E-state index in [1.54, 1.807) is 0 Å². The fourth-order valence-electron chi connectivity index (χ4n) is 3.20. The Bertz CT molecular complexity index is 559. The van der Waals surface area contributed by atoms with Gasteiger partial charge in [-0.15, -0.1) is 0 Å². The minimum absolute atomic E-state index is 0.162. The minimum Gasteiger partial charge on any atom is -0.312 e. The van der Waals surface area contributed by atoms with Gasteiger partial charge in [-0.05, 0) is 29.0 Å². The van der Waals surface area contributed by atoms with Crippen LogP contribution in [0.25, 0.3) is 0 Å². The number of nitrogens with zero attached hydrogens (tertiary/aromatic N) is 1. The van der Waals surface area contributed by atoms with Gasteiger partial charge in [0.25, 0.3) is 0 Å². The van der Waals surface area contributed by atoms with Crippen LogP contribution >= 0.6 is 11.8 Å². The Labute approximate surface area is 137 Å². The number of carbonyl (C=O) groups excluding carboxylic acids is 1. The highest BCUT2D eigenvalue weighted by Crippen LogP contribution is 2.33. The van der Waals surface area contributed by atoms with Gasteiger partial charge in [-0.3, -0.25) is 4.79 Å². The Balaban J connectivity index is 1.72. The van der Waals surface area contributed by atoms with Crippen LogP contribution in [0.2, 0.25) is 0 Å². The zero-order valence-electron chi connectivity index (χ0n) is 13.8. The molecule has 1 amide bonds. The van der Waals surface area contributed by atoms with E-state index in [4.69, 9.17) is 0 Å². The lowest BCUT2D eigenvalue weighted by Crippen LogP contribution is -2.42. The van der Waals surface area contributed by atoms with E-state index in [0.29, 0.717) is 12.5 Å². The monoisotopic (exact) mass is 318 g/mol. The molecule has 2 aliphatic heterocycles. The molecule has 22 heavy (non-hydrogen) atoms. The highest BCUT2D eigenvalue weighted by Gasteiger charge is 2.28. The summed E-state index contributed by atoms with van der Waals surface area (Å²) >= 11 is 1.94. The number of amides is 1. The Morgan fingerprint density at radius 3 is 2.91 bits per heavy atom. The maximum absolute atomic E-state index is 12.6. The van der Waals surface area contributed by atoms with Crippen molar-refractivity contribution < 1.29 is 4.79 Å². The molecular weight excluding hydrogens is 292 g/mol. The van der Waals surface area contributed by atoms with Crippen LogP contribution in [0.5, 0.6) is 0 Å². The molecule has 0 spiro atoms. The maximum Gasteiger partial charge on any atom is 0.228 e. The van der Waals surface area contributed by atoms with Crippen LogP contribution in [-0.2, 0) is 16.6 Å². The van der Waals surface area contributed by atoms with E-state index in [1.807, 2.05) is 16.7 Å². The summed E-state index contributed by atoms with van der Waals surface area (Å²) in [6.45, 7) is 8.56. The zero-order chi connectivity index (χ0) is 15.7. The number of anilines is 1. The van der Waals surface area contributed by atoms with Crippen LogP contribution in [0, 0.1) is 0 Å². The van der Waals surface area contributed by atoms with Gasteiger partial charge in [0.15, 0.2) is 0 Å². The van der Waals surface area contributed by atoms with E-state index in [0.717, 1.165) is 36.7 Å². The molecule has 1 saturated heterocycles. The quantitative estimate of drug-likeness (QED) is 0.910. The predicted octanol–water partition coefficient (Wildman–Crippen LogP) is 2.97. The number of hydrogen-bond acceptors (Lipinski definition) is 3. The van der Waals surface area contributed by atoms with Crippen molar-refractivity contribution in [2.24, 2.45) is 0 Å². The normalized spacial score (nSPS) is 21.8. The first-order valence-corrected chi connectivity index (χ1v) is 9.35. The van der Waals surface area contributed by atoms with Gasteiger partial charge in [-0.1, -0.05) is 32.9 Å². The number of fused-ring (bicyclic) bond motifs is 1. The lowest BCUT2D eigenvalue weighted by Gasteiger charge is -2.26. The smallest absolute Gasteiger partial charge is 0.228 e. The van der Waals surface area contributed by atoms with Crippen LogP contribution < -0.4 is 10.2 Å². The first-order valence-electron chi connectivity index (χ1n) is 8.20. The average Bonchev–Trinajstić information content (AvgIpc) is 2.90. The molecule has 3 nitrogen and oxygen atoms in total. The molecule has 0 aromatic heterocycles. The number of nitrogens with one attached hydrogen (secondary N) is 1. The fourth-order valence-corrected chi connectivity index (χ4v) is 4.15. The Morgan fingerprint density at radius 2 is 2.23 bits per heavy atom. The molecule has 1 atom stereocenters. The summed E-state index contributed by atoms with van der Waals surface area (Å²) in [7, 11) is 0. The van der Waals surface area contributed by atoms with Crippen LogP contribution in [0.4, 0.5) is 5.69 Å². The summed E-state index contributed by atoms with van der Waals surface area (Å²) in [4.78, 5) is 14.6. The summed E-state index contributed by atoms with van der Waals surface area (Å²) in [5.74, 6) is 2.48. The van der Waals surface area contributed by atoms with E-state index in [9.17, 15) is 4.79 Å². The summed E-state index contributed by atoms with van der Waals surface area (Å²) < 4.78 is 0. The lowest BCUT2D eigenvalue weighted by atomic mass is 9.86. The molecule has 4 heteroatoms. The van der Waals surface area contributed by atoms with Crippen LogP contribution in [0.15, 0.2) is 18.2 Å². The number of benzene rings is 1. The summed E-state index contributed by atoms with van der Waals surface area (Å²) in [6.07, 6.45) is 1.60. The molecule has 1 unspecified atom stereocenters. The first-order chi connectivity index (χ1) is 10.4. The first kappa shape index (κ1) is 15.9. The molecule has 1 aromatic rings. The fraction of sp³-hybridized carbons (Fsp3) is 0.611. The Hall–Kier alpha value is -1.000. The molecule has 0 saturated carbocycles. The van der Waals surface area contributed by atoms with Gasteiger partial charge in [-0.25, -0.2) is 0 Å². The molecule has 0 bridgehead atoms. The van der Waals surface area contributed by atoms with E-state index >= 15 is 0 Å². The second-order valence-electron chi connectivity index (χ2n) is 7.32. The zero-order valence-corrected chi connectivity index (χ0v) is 14.6. The van der Waals surface area contributed by atoms with Gasteiger partial charge in [0.2, 0.25) is 5.91 Å². The number of hydrogen-bond donors (Lipinski definition) is 1. The largest absolute Gasteiger partial charge is 0.312 e. The standard InChI is InChI=1S/C18H26N2OS/c1-18(2,3)14-4-5-16-13(10-14)6-8-20(16)17(21)11-15-12-22-9-7-19-15/h4-5,10,15,19H,6-9,11-12H2,1-3H3. The summed E-state index contributed by atoms with van der Waals surface area (Å²) in [5, 5.41) is 3.46. The number of rotatable bonds is 2. The van der Waals surface area contributed by atoms with E-state index in [1.165, 1.54) is 11.1 Å². The molecule has 120 valence electrons. The minimum atomic E-state index is 0.162. The summed E-state index contributed by atoms with van der Waals surface area (Å²) in [6, 6.07) is 6.95. The molecule has 1 fully saturated rings. The van der Waals surface area contributed by atoms with Crippen LogP contribution in [0.1, 0.15) is 38.3 Å². The topological polar surface area (TPSA) is 32.3 Å². The third-order valence-electron chi connectivity index (χ3n) is 4.56. The second kappa shape index (κ2) is 6.25. The van der Waals surface area contributed by atoms with E-state index in [2.05, 4.69) is 44.3 Å². The van der Waals surface area contributed by atoms with Gasteiger partial charge in [-0.2, -0.15) is 11.8 Å². The van der Waals surface area contributed by atoms with E-state index in [-0.39, 0.29) is 11.3 Å². The molecular formula is C18H26N2OS. The van der Waals surface area contributed by atoms with Gasteiger partial charge in [0.1, 0.15) is 0 Å². The van der Waals surface area contributed by atoms with Crippen molar-refractivity contribution in [2.75, 3.05) is 29.5 Å². The number of thioether (sulfide) groups is 1. The van der Waals surface area contributed by atoms with Crippen molar-refractivity contribution in [3.8, 4) is 0 Å². The summed E-state index contributed by atoms with van der Waals surface area (Å²) in [5.41, 5.74) is 3.97. The molecule has 0 radical (unpaired) electrons. The van der Waals surface area contributed by atoms with Gasteiger partial charge < -0.3 is 10.2 Å².